The summed E-state index contributed by atoms with van der Waals surface area (Å²) in [5.41, 5.74) is 1.88. The lowest BCUT2D eigenvalue weighted by Gasteiger charge is -2.33. The number of rotatable bonds is 1. The number of hydrogen-bond acceptors (Lipinski definition) is 3. The molecule has 3 nitrogen and oxygen atoms in total. The van der Waals surface area contributed by atoms with E-state index in [1.54, 1.807) is 0 Å². The zero-order chi connectivity index (χ0) is 11.7. The SMILES string of the molecule is OC1(C2Cc3ccccc3N2)CCCOCC1. The summed E-state index contributed by atoms with van der Waals surface area (Å²) in [5, 5.41) is 14.2. The Morgan fingerprint density at radius 2 is 2.12 bits per heavy atom. The summed E-state index contributed by atoms with van der Waals surface area (Å²) >= 11 is 0. The van der Waals surface area contributed by atoms with E-state index in [2.05, 4.69) is 23.5 Å². The molecule has 2 atom stereocenters. The number of fused-ring (bicyclic) bond motifs is 1. The van der Waals surface area contributed by atoms with Crippen LogP contribution in [0.4, 0.5) is 5.69 Å². The number of para-hydroxylation sites is 1. The summed E-state index contributed by atoms with van der Waals surface area (Å²) in [6.45, 7) is 1.45. The van der Waals surface area contributed by atoms with Gasteiger partial charge in [0.15, 0.2) is 0 Å². The van der Waals surface area contributed by atoms with Crippen molar-refractivity contribution in [3.8, 4) is 0 Å². The predicted molar refractivity (Wildman–Crippen MR) is 67.2 cm³/mol. The molecule has 2 aliphatic rings. The van der Waals surface area contributed by atoms with Crippen LogP contribution in [0.3, 0.4) is 0 Å². The Morgan fingerprint density at radius 3 is 3.00 bits per heavy atom. The maximum Gasteiger partial charge on any atom is 0.0873 e. The van der Waals surface area contributed by atoms with Gasteiger partial charge in [-0.1, -0.05) is 18.2 Å². The van der Waals surface area contributed by atoms with Crippen LogP contribution in [0, 0.1) is 0 Å². The first-order valence-electron chi connectivity index (χ1n) is 6.42. The fourth-order valence-corrected chi connectivity index (χ4v) is 2.93. The quantitative estimate of drug-likeness (QED) is 0.779. The number of nitrogens with one attached hydrogen (secondary N) is 1. The lowest BCUT2D eigenvalue weighted by molar-refractivity contribution is 0.00273. The molecule has 1 aromatic carbocycles. The van der Waals surface area contributed by atoms with E-state index in [0.717, 1.165) is 32.3 Å². The Morgan fingerprint density at radius 1 is 1.24 bits per heavy atom. The minimum atomic E-state index is -0.616. The Kier molecular flexibility index (Phi) is 2.81. The summed E-state index contributed by atoms with van der Waals surface area (Å²) in [6, 6.07) is 8.46. The Hall–Kier alpha value is -1.06. The molecule has 0 spiro atoms. The maximum atomic E-state index is 10.8. The van der Waals surface area contributed by atoms with Crippen molar-refractivity contribution in [3.05, 3.63) is 29.8 Å². The fourth-order valence-electron chi connectivity index (χ4n) is 2.93. The van der Waals surface area contributed by atoms with E-state index >= 15 is 0 Å². The maximum absolute atomic E-state index is 10.8. The number of hydrogen-bond donors (Lipinski definition) is 2. The van der Waals surface area contributed by atoms with Crippen LogP contribution in [-0.4, -0.2) is 30.0 Å². The van der Waals surface area contributed by atoms with Crippen LogP contribution in [-0.2, 0) is 11.2 Å². The summed E-state index contributed by atoms with van der Waals surface area (Å²) in [4.78, 5) is 0. The highest BCUT2D eigenvalue weighted by Crippen LogP contribution is 2.35. The molecule has 0 saturated carbocycles. The van der Waals surface area contributed by atoms with Crippen molar-refractivity contribution in [2.75, 3.05) is 18.5 Å². The van der Waals surface area contributed by atoms with E-state index < -0.39 is 5.60 Å². The third-order valence-corrected chi connectivity index (χ3v) is 4.00. The van der Waals surface area contributed by atoms with Gasteiger partial charge in [0.1, 0.15) is 0 Å². The molecule has 2 unspecified atom stereocenters. The van der Waals surface area contributed by atoms with Crippen LogP contribution in [0.2, 0.25) is 0 Å². The fraction of sp³-hybridized carbons (Fsp3) is 0.571. The molecule has 0 bridgehead atoms. The molecule has 17 heavy (non-hydrogen) atoms. The van der Waals surface area contributed by atoms with Gasteiger partial charge in [-0.25, -0.2) is 0 Å². The van der Waals surface area contributed by atoms with Crippen molar-refractivity contribution in [2.45, 2.75) is 37.3 Å². The molecule has 1 aromatic rings. The second-order valence-electron chi connectivity index (χ2n) is 5.13. The number of anilines is 1. The molecule has 1 saturated heterocycles. The highest BCUT2D eigenvalue weighted by Gasteiger charge is 2.40. The zero-order valence-electron chi connectivity index (χ0n) is 9.98. The van der Waals surface area contributed by atoms with Crippen molar-refractivity contribution >= 4 is 5.69 Å². The largest absolute Gasteiger partial charge is 0.388 e. The molecule has 92 valence electrons. The van der Waals surface area contributed by atoms with Crippen molar-refractivity contribution < 1.29 is 9.84 Å². The third kappa shape index (κ3) is 2.05. The molecular weight excluding hydrogens is 214 g/mol. The van der Waals surface area contributed by atoms with Gasteiger partial charge in [0.05, 0.1) is 11.6 Å². The van der Waals surface area contributed by atoms with Crippen LogP contribution >= 0.6 is 0 Å². The first-order valence-corrected chi connectivity index (χ1v) is 6.42. The molecule has 2 N–H and O–H groups in total. The standard InChI is InChI=1S/C14H19NO2/c16-14(6-3-8-17-9-7-14)13-10-11-4-1-2-5-12(11)15-13/h1-2,4-5,13,15-16H,3,6-10H2. The number of benzene rings is 1. The highest BCUT2D eigenvalue weighted by atomic mass is 16.5. The van der Waals surface area contributed by atoms with Gasteiger partial charge in [-0.05, 0) is 30.9 Å². The molecule has 0 amide bonds. The molecule has 3 rings (SSSR count). The summed E-state index contributed by atoms with van der Waals surface area (Å²) in [5.74, 6) is 0. The minimum absolute atomic E-state index is 0.140. The first-order chi connectivity index (χ1) is 8.28. The number of aliphatic hydroxyl groups is 1. The molecule has 2 heterocycles. The predicted octanol–water partition coefficient (Wildman–Crippen LogP) is 1.95. The van der Waals surface area contributed by atoms with Gasteiger partial charge in [0, 0.05) is 25.3 Å². The van der Waals surface area contributed by atoms with Gasteiger partial charge >= 0.3 is 0 Å². The van der Waals surface area contributed by atoms with E-state index in [1.165, 1.54) is 11.3 Å². The van der Waals surface area contributed by atoms with Crippen LogP contribution in [0.15, 0.2) is 24.3 Å². The van der Waals surface area contributed by atoms with Crippen molar-refractivity contribution in [1.82, 2.24) is 0 Å². The van der Waals surface area contributed by atoms with E-state index in [9.17, 15) is 5.11 Å². The van der Waals surface area contributed by atoms with Crippen LogP contribution in [0.25, 0.3) is 0 Å². The Labute approximate surface area is 102 Å². The Balaban J connectivity index is 1.78. The van der Waals surface area contributed by atoms with E-state index in [0.29, 0.717) is 6.61 Å². The summed E-state index contributed by atoms with van der Waals surface area (Å²) in [6.07, 6.45) is 3.44. The van der Waals surface area contributed by atoms with E-state index in [-0.39, 0.29) is 6.04 Å². The molecule has 3 heteroatoms. The molecule has 0 aliphatic carbocycles. The van der Waals surface area contributed by atoms with Gasteiger partial charge in [-0.2, -0.15) is 0 Å². The van der Waals surface area contributed by atoms with E-state index in [4.69, 9.17) is 4.74 Å². The zero-order valence-corrected chi connectivity index (χ0v) is 9.98. The monoisotopic (exact) mass is 233 g/mol. The Bertz CT molecular complexity index is 372. The van der Waals surface area contributed by atoms with Crippen molar-refractivity contribution in [3.63, 3.8) is 0 Å². The van der Waals surface area contributed by atoms with Crippen LogP contribution < -0.4 is 5.32 Å². The first kappa shape index (κ1) is 11.1. The molecule has 2 aliphatic heterocycles. The summed E-state index contributed by atoms with van der Waals surface area (Å²) < 4.78 is 5.44. The van der Waals surface area contributed by atoms with Crippen LogP contribution in [0.5, 0.6) is 0 Å². The molecule has 0 radical (unpaired) electrons. The average molecular weight is 233 g/mol. The van der Waals surface area contributed by atoms with Crippen molar-refractivity contribution in [1.29, 1.82) is 0 Å². The second kappa shape index (κ2) is 4.31. The summed E-state index contributed by atoms with van der Waals surface area (Å²) in [7, 11) is 0. The molecular formula is C14H19NO2. The van der Waals surface area contributed by atoms with E-state index in [1.807, 2.05) is 6.07 Å². The normalized spacial score (nSPS) is 32.6. The van der Waals surface area contributed by atoms with Gasteiger partial charge in [0.25, 0.3) is 0 Å². The highest BCUT2D eigenvalue weighted by molar-refractivity contribution is 5.57. The third-order valence-electron chi connectivity index (χ3n) is 4.00. The lowest BCUT2D eigenvalue weighted by atomic mass is 9.85. The molecule has 1 fully saturated rings. The topological polar surface area (TPSA) is 41.5 Å². The second-order valence-corrected chi connectivity index (χ2v) is 5.13. The lowest BCUT2D eigenvalue weighted by Crippen LogP contribution is -2.46. The van der Waals surface area contributed by atoms with Crippen molar-refractivity contribution in [2.24, 2.45) is 0 Å². The number of ether oxygens (including phenoxy) is 1. The van der Waals surface area contributed by atoms with Gasteiger partial charge < -0.3 is 15.2 Å². The smallest absolute Gasteiger partial charge is 0.0873 e. The average Bonchev–Trinajstić information content (AvgIpc) is 2.66. The molecule has 0 aromatic heterocycles. The van der Waals surface area contributed by atoms with Crippen LogP contribution in [0.1, 0.15) is 24.8 Å². The van der Waals surface area contributed by atoms with Gasteiger partial charge in [-0.3, -0.25) is 0 Å². The van der Waals surface area contributed by atoms with Gasteiger partial charge in [-0.15, -0.1) is 0 Å². The minimum Gasteiger partial charge on any atom is -0.388 e. The van der Waals surface area contributed by atoms with Gasteiger partial charge in [0.2, 0.25) is 0 Å².